The first-order valence-electron chi connectivity index (χ1n) is 7.89. The summed E-state index contributed by atoms with van der Waals surface area (Å²) in [4.78, 5) is 14.8. The third-order valence-electron chi connectivity index (χ3n) is 4.30. The Balaban J connectivity index is 1.88. The molecule has 0 radical (unpaired) electrons. The minimum Gasteiger partial charge on any atom is -0.497 e. The minimum atomic E-state index is -0.0431. The van der Waals surface area contributed by atoms with Crippen molar-refractivity contribution in [3.05, 3.63) is 52.4 Å². The van der Waals surface area contributed by atoms with Crippen molar-refractivity contribution in [2.24, 2.45) is 0 Å². The lowest BCUT2D eigenvalue weighted by Crippen LogP contribution is -2.34. The summed E-state index contributed by atoms with van der Waals surface area (Å²) in [5.74, 6) is 1.17. The molecule has 1 amide bonds. The van der Waals surface area contributed by atoms with Gasteiger partial charge in [0, 0.05) is 6.54 Å². The van der Waals surface area contributed by atoms with Gasteiger partial charge in [-0.2, -0.15) is 0 Å². The second-order valence-electron chi connectivity index (χ2n) is 5.74. The number of carbonyl (C=O) groups is 1. The maximum atomic E-state index is 12.9. The molecule has 0 spiro atoms. The van der Waals surface area contributed by atoms with Crippen LogP contribution in [-0.4, -0.2) is 24.5 Å². The Kier molecular flexibility index (Phi) is 5.06. The number of rotatable bonds is 3. The summed E-state index contributed by atoms with van der Waals surface area (Å²) in [6.07, 6.45) is 4.28. The molecule has 0 saturated carbocycles. The van der Waals surface area contributed by atoms with Crippen molar-refractivity contribution in [1.29, 1.82) is 0 Å². The summed E-state index contributed by atoms with van der Waals surface area (Å²) in [7, 11) is 1.66. The number of amides is 1. The molecule has 1 aliphatic rings. The highest BCUT2D eigenvalue weighted by molar-refractivity contribution is 9.10. The van der Waals surface area contributed by atoms with E-state index in [1.54, 1.807) is 19.2 Å². The fourth-order valence-electron chi connectivity index (χ4n) is 3.09. The summed E-state index contributed by atoms with van der Waals surface area (Å²) in [5.41, 5.74) is 1.15. The smallest absolute Gasteiger partial charge is 0.290 e. The summed E-state index contributed by atoms with van der Waals surface area (Å²) < 4.78 is 11.3. The van der Waals surface area contributed by atoms with Gasteiger partial charge in [-0.15, -0.1) is 0 Å². The quantitative estimate of drug-likeness (QED) is 0.770. The second kappa shape index (κ2) is 7.21. The third-order valence-corrected chi connectivity index (χ3v) is 4.72. The molecule has 4 nitrogen and oxygen atoms in total. The van der Waals surface area contributed by atoms with Gasteiger partial charge in [0.05, 0.1) is 13.2 Å². The Hall–Kier alpha value is -1.75. The van der Waals surface area contributed by atoms with Crippen molar-refractivity contribution in [2.75, 3.05) is 13.7 Å². The number of halogens is 1. The fourth-order valence-corrected chi connectivity index (χ4v) is 3.40. The lowest BCUT2D eigenvalue weighted by atomic mass is 10.0. The molecule has 2 heterocycles. The molecule has 1 aromatic heterocycles. The van der Waals surface area contributed by atoms with Crippen LogP contribution in [0.3, 0.4) is 0 Å². The maximum Gasteiger partial charge on any atom is 0.290 e. The fraction of sp³-hybridized carbons (Fsp3) is 0.389. The van der Waals surface area contributed by atoms with Gasteiger partial charge in [0.25, 0.3) is 5.91 Å². The van der Waals surface area contributed by atoms with E-state index in [1.807, 2.05) is 29.2 Å². The lowest BCUT2D eigenvalue weighted by Gasteiger charge is -2.30. The minimum absolute atomic E-state index is 0.0431. The van der Waals surface area contributed by atoms with E-state index < -0.39 is 0 Å². The highest BCUT2D eigenvalue weighted by Crippen LogP contribution is 2.32. The van der Waals surface area contributed by atoms with Crippen LogP contribution < -0.4 is 4.74 Å². The normalized spacial score (nSPS) is 18.5. The van der Waals surface area contributed by atoms with E-state index in [9.17, 15) is 4.79 Å². The number of hydrogen-bond donors (Lipinski definition) is 0. The molecule has 1 saturated heterocycles. The number of likely N-dealkylation sites (tertiary alicyclic amines) is 1. The van der Waals surface area contributed by atoms with Crippen molar-refractivity contribution in [1.82, 2.24) is 4.90 Å². The molecular formula is C18H20BrNO3. The van der Waals surface area contributed by atoms with Gasteiger partial charge in [0.2, 0.25) is 0 Å². The number of benzene rings is 1. The van der Waals surface area contributed by atoms with E-state index >= 15 is 0 Å². The Morgan fingerprint density at radius 3 is 2.61 bits per heavy atom. The Bertz CT molecular complexity index is 665. The molecule has 0 aliphatic carbocycles. The Labute approximate surface area is 144 Å². The zero-order chi connectivity index (χ0) is 16.2. The molecular weight excluding hydrogens is 358 g/mol. The van der Waals surface area contributed by atoms with Gasteiger partial charge in [0.15, 0.2) is 10.4 Å². The monoisotopic (exact) mass is 377 g/mol. The maximum absolute atomic E-state index is 12.9. The topological polar surface area (TPSA) is 42.7 Å². The molecule has 1 atom stereocenters. The number of hydrogen-bond acceptors (Lipinski definition) is 3. The largest absolute Gasteiger partial charge is 0.497 e. The van der Waals surface area contributed by atoms with E-state index in [1.165, 1.54) is 0 Å². The van der Waals surface area contributed by atoms with Crippen LogP contribution in [0.4, 0.5) is 0 Å². The van der Waals surface area contributed by atoms with E-state index in [4.69, 9.17) is 9.15 Å². The van der Waals surface area contributed by atoms with Crippen molar-refractivity contribution in [3.63, 3.8) is 0 Å². The molecule has 1 aromatic carbocycles. The van der Waals surface area contributed by atoms with Crippen molar-refractivity contribution < 1.29 is 13.9 Å². The van der Waals surface area contributed by atoms with Gasteiger partial charge >= 0.3 is 0 Å². The number of carbonyl (C=O) groups excluding carboxylic acids is 1. The predicted molar refractivity (Wildman–Crippen MR) is 91.6 cm³/mol. The zero-order valence-electron chi connectivity index (χ0n) is 13.1. The SMILES string of the molecule is COc1ccc([C@H]2CCCCCN2C(=O)c2ccc(Br)o2)cc1. The molecule has 2 aromatic rings. The average molecular weight is 378 g/mol. The number of furan rings is 1. The molecule has 0 bridgehead atoms. The Morgan fingerprint density at radius 2 is 1.96 bits per heavy atom. The first-order valence-corrected chi connectivity index (χ1v) is 8.68. The molecule has 1 aliphatic heterocycles. The molecule has 3 rings (SSSR count). The average Bonchev–Trinajstić information content (AvgIpc) is 2.87. The third kappa shape index (κ3) is 3.61. The van der Waals surface area contributed by atoms with Crippen LogP contribution in [0, 0.1) is 0 Å². The molecule has 23 heavy (non-hydrogen) atoms. The van der Waals surface area contributed by atoms with Gasteiger partial charge in [-0.05, 0) is 58.6 Å². The first kappa shape index (κ1) is 16.1. The highest BCUT2D eigenvalue weighted by atomic mass is 79.9. The van der Waals surface area contributed by atoms with Crippen molar-refractivity contribution in [3.8, 4) is 5.75 Å². The predicted octanol–water partition coefficient (Wildman–Crippen LogP) is 4.81. The van der Waals surface area contributed by atoms with E-state index in [0.29, 0.717) is 10.4 Å². The summed E-state index contributed by atoms with van der Waals surface area (Å²) in [5, 5.41) is 0. The van der Waals surface area contributed by atoms with Crippen LogP contribution in [0.15, 0.2) is 45.5 Å². The highest BCUT2D eigenvalue weighted by Gasteiger charge is 2.29. The van der Waals surface area contributed by atoms with Crippen molar-refractivity contribution >= 4 is 21.8 Å². The molecule has 1 fully saturated rings. The number of ether oxygens (including phenoxy) is 1. The van der Waals surface area contributed by atoms with Gasteiger partial charge in [-0.3, -0.25) is 4.79 Å². The zero-order valence-corrected chi connectivity index (χ0v) is 14.7. The van der Waals surface area contributed by atoms with E-state index in [2.05, 4.69) is 15.9 Å². The van der Waals surface area contributed by atoms with Gasteiger partial charge in [0.1, 0.15) is 5.75 Å². The molecule has 5 heteroatoms. The molecule has 0 unspecified atom stereocenters. The van der Waals surface area contributed by atoms with Crippen LogP contribution >= 0.6 is 15.9 Å². The summed E-state index contributed by atoms with van der Waals surface area (Å²) >= 11 is 3.26. The van der Waals surface area contributed by atoms with Gasteiger partial charge in [-0.1, -0.05) is 25.0 Å². The van der Waals surface area contributed by atoms with Gasteiger partial charge < -0.3 is 14.1 Å². The van der Waals surface area contributed by atoms with Crippen LogP contribution in [-0.2, 0) is 0 Å². The van der Waals surface area contributed by atoms with Crippen LogP contribution in [0.25, 0.3) is 0 Å². The molecule has 122 valence electrons. The summed E-state index contributed by atoms with van der Waals surface area (Å²) in [6.45, 7) is 0.758. The summed E-state index contributed by atoms with van der Waals surface area (Å²) in [6, 6.07) is 11.6. The number of nitrogens with zero attached hydrogens (tertiary/aromatic N) is 1. The van der Waals surface area contributed by atoms with E-state index in [0.717, 1.165) is 43.5 Å². The van der Waals surface area contributed by atoms with Crippen molar-refractivity contribution in [2.45, 2.75) is 31.7 Å². The van der Waals surface area contributed by atoms with Gasteiger partial charge in [-0.25, -0.2) is 0 Å². The molecule has 0 N–H and O–H groups in total. The van der Waals surface area contributed by atoms with Crippen LogP contribution in [0.2, 0.25) is 0 Å². The van der Waals surface area contributed by atoms with E-state index in [-0.39, 0.29) is 11.9 Å². The number of methoxy groups -OCH3 is 1. The van der Waals surface area contributed by atoms with Crippen LogP contribution in [0.5, 0.6) is 5.75 Å². The second-order valence-corrected chi connectivity index (χ2v) is 6.52. The lowest BCUT2D eigenvalue weighted by molar-refractivity contribution is 0.0646. The Morgan fingerprint density at radius 1 is 1.17 bits per heavy atom. The first-order chi connectivity index (χ1) is 11.2. The standard InChI is InChI=1S/C18H20BrNO3/c1-22-14-8-6-13(7-9-14)15-5-3-2-4-12-20(15)18(21)16-10-11-17(19)23-16/h6-11,15H,2-5,12H2,1H3/t15-/m1/s1. The van der Waals surface area contributed by atoms with Crippen LogP contribution in [0.1, 0.15) is 47.8 Å².